The summed E-state index contributed by atoms with van der Waals surface area (Å²) in [5.74, 6) is -1.03. The molecule has 1 atom stereocenters. The van der Waals surface area contributed by atoms with Gasteiger partial charge in [-0.25, -0.2) is 12.8 Å². The summed E-state index contributed by atoms with van der Waals surface area (Å²) in [4.78, 5) is 12.1. The van der Waals surface area contributed by atoms with E-state index in [0.29, 0.717) is 17.9 Å². The van der Waals surface area contributed by atoms with Crippen molar-refractivity contribution < 1.29 is 17.6 Å². The van der Waals surface area contributed by atoms with E-state index in [4.69, 9.17) is 0 Å². The molecule has 0 bridgehead atoms. The Balaban J connectivity index is 1.66. The fraction of sp³-hybridized carbons (Fsp3) is 0.316. The van der Waals surface area contributed by atoms with Crippen molar-refractivity contribution >= 4 is 21.6 Å². The van der Waals surface area contributed by atoms with Crippen LogP contribution in [-0.2, 0) is 21.2 Å². The summed E-state index contributed by atoms with van der Waals surface area (Å²) in [5.41, 5.74) is 0.700. The van der Waals surface area contributed by atoms with Gasteiger partial charge in [0.15, 0.2) is 5.65 Å². The van der Waals surface area contributed by atoms with Crippen LogP contribution in [0.25, 0.3) is 5.65 Å². The van der Waals surface area contributed by atoms with Crippen molar-refractivity contribution in [2.75, 3.05) is 6.54 Å². The number of benzene rings is 1. The summed E-state index contributed by atoms with van der Waals surface area (Å²) in [6, 6.07) is 9.51. The number of rotatable bonds is 8. The SMILES string of the molecule is CC(C)[C@H](NS(=O)(=O)c1ccccc1F)C(=O)NCCc1nnc2ccccn12. The summed E-state index contributed by atoms with van der Waals surface area (Å²) in [6.07, 6.45) is 2.24. The van der Waals surface area contributed by atoms with Crippen LogP contribution < -0.4 is 10.0 Å². The number of nitrogens with one attached hydrogen (secondary N) is 2. The normalized spacial score (nSPS) is 13.0. The third-order valence-electron chi connectivity index (χ3n) is 4.39. The molecule has 0 radical (unpaired) electrons. The van der Waals surface area contributed by atoms with Crippen LogP contribution in [-0.4, -0.2) is 41.5 Å². The maximum absolute atomic E-state index is 13.9. The molecule has 29 heavy (non-hydrogen) atoms. The van der Waals surface area contributed by atoms with E-state index in [0.717, 1.165) is 12.1 Å². The monoisotopic (exact) mass is 419 g/mol. The minimum absolute atomic E-state index is 0.249. The lowest BCUT2D eigenvalue weighted by Gasteiger charge is -2.21. The van der Waals surface area contributed by atoms with Gasteiger partial charge in [-0.15, -0.1) is 10.2 Å². The average molecular weight is 419 g/mol. The van der Waals surface area contributed by atoms with E-state index in [1.807, 2.05) is 28.8 Å². The Hall–Kier alpha value is -2.85. The number of aromatic nitrogens is 3. The Morgan fingerprint density at radius 3 is 2.59 bits per heavy atom. The summed E-state index contributed by atoms with van der Waals surface area (Å²) in [6.45, 7) is 3.67. The van der Waals surface area contributed by atoms with Gasteiger partial charge in [-0.3, -0.25) is 9.20 Å². The van der Waals surface area contributed by atoms with Gasteiger partial charge in [0.2, 0.25) is 15.9 Å². The second kappa shape index (κ2) is 8.66. The first kappa shape index (κ1) is 20.9. The Morgan fingerprint density at radius 1 is 1.14 bits per heavy atom. The molecule has 2 N–H and O–H groups in total. The van der Waals surface area contributed by atoms with Crippen LogP contribution in [0, 0.1) is 11.7 Å². The topological polar surface area (TPSA) is 105 Å². The van der Waals surface area contributed by atoms with E-state index < -0.39 is 32.7 Å². The first-order valence-corrected chi connectivity index (χ1v) is 10.6. The third-order valence-corrected chi connectivity index (χ3v) is 5.86. The smallest absolute Gasteiger partial charge is 0.244 e. The van der Waals surface area contributed by atoms with Crippen LogP contribution in [0.1, 0.15) is 19.7 Å². The first-order chi connectivity index (χ1) is 13.8. The minimum Gasteiger partial charge on any atom is -0.354 e. The van der Waals surface area contributed by atoms with Crippen molar-refractivity contribution in [3.05, 3.63) is 60.3 Å². The van der Waals surface area contributed by atoms with Gasteiger partial charge in [0.25, 0.3) is 0 Å². The maximum atomic E-state index is 13.9. The summed E-state index contributed by atoms with van der Waals surface area (Å²) in [7, 11) is -4.19. The van der Waals surface area contributed by atoms with E-state index in [1.165, 1.54) is 12.1 Å². The lowest BCUT2D eigenvalue weighted by atomic mass is 10.1. The predicted octanol–water partition coefficient (Wildman–Crippen LogP) is 1.53. The van der Waals surface area contributed by atoms with E-state index in [-0.39, 0.29) is 12.5 Å². The highest BCUT2D eigenvalue weighted by Crippen LogP contribution is 2.15. The van der Waals surface area contributed by atoms with Gasteiger partial charge in [0, 0.05) is 19.2 Å². The largest absolute Gasteiger partial charge is 0.354 e. The quantitative estimate of drug-likeness (QED) is 0.576. The molecule has 10 heteroatoms. The van der Waals surface area contributed by atoms with Gasteiger partial charge in [-0.1, -0.05) is 32.0 Å². The Bertz CT molecular complexity index is 1110. The lowest BCUT2D eigenvalue weighted by molar-refractivity contribution is -0.123. The summed E-state index contributed by atoms with van der Waals surface area (Å²) in [5, 5.41) is 10.8. The number of halogens is 1. The molecule has 0 fully saturated rings. The van der Waals surface area contributed by atoms with E-state index in [1.54, 1.807) is 13.8 Å². The minimum atomic E-state index is -4.19. The number of hydrogen-bond donors (Lipinski definition) is 2. The molecule has 0 aliphatic carbocycles. The average Bonchev–Trinajstić information content (AvgIpc) is 3.09. The molecule has 1 aromatic carbocycles. The molecular formula is C19H22FN5O3S. The molecule has 0 saturated heterocycles. The van der Waals surface area contributed by atoms with Crippen LogP contribution >= 0.6 is 0 Å². The molecule has 8 nitrogen and oxygen atoms in total. The molecule has 0 aliphatic heterocycles. The molecule has 3 rings (SSSR count). The van der Waals surface area contributed by atoms with Crippen LogP contribution in [0.2, 0.25) is 0 Å². The fourth-order valence-corrected chi connectivity index (χ4v) is 4.28. The zero-order valence-corrected chi connectivity index (χ0v) is 16.9. The van der Waals surface area contributed by atoms with Crippen molar-refractivity contribution in [3.8, 4) is 0 Å². The molecule has 154 valence electrons. The lowest BCUT2D eigenvalue weighted by Crippen LogP contribution is -2.50. The molecule has 0 unspecified atom stereocenters. The number of carbonyl (C=O) groups is 1. The molecule has 0 aliphatic rings. The number of nitrogens with zero attached hydrogens (tertiary/aromatic N) is 3. The predicted molar refractivity (Wildman–Crippen MR) is 105 cm³/mol. The fourth-order valence-electron chi connectivity index (χ4n) is 2.85. The van der Waals surface area contributed by atoms with Crippen molar-refractivity contribution in [1.82, 2.24) is 24.6 Å². The molecule has 1 amide bonds. The highest BCUT2D eigenvalue weighted by molar-refractivity contribution is 7.89. The highest BCUT2D eigenvalue weighted by atomic mass is 32.2. The Morgan fingerprint density at radius 2 is 1.86 bits per heavy atom. The van der Waals surface area contributed by atoms with Gasteiger partial charge in [0.05, 0.1) is 0 Å². The zero-order chi connectivity index (χ0) is 21.0. The summed E-state index contributed by atoms with van der Waals surface area (Å²) >= 11 is 0. The number of amides is 1. The van der Waals surface area contributed by atoms with Crippen LogP contribution in [0.15, 0.2) is 53.6 Å². The van der Waals surface area contributed by atoms with Crippen LogP contribution in [0.3, 0.4) is 0 Å². The number of pyridine rings is 1. The molecule has 2 aromatic heterocycles. The van der Waals surface area contributed by atoms with E-state index in [2.05, 4.69) is 20.2 Å². The number of hydrogen-bond acceptors (Lipinski definition) is 5. The molecule has 3 aromatic rings. The number of fused-ring (bicyclic) bond motifs is 1. The van der Waals surface area contributed by atoms with Crippen molar-refractivity contribution in [2.45, 2.75) is 31.2 Å². The third kappa shape index (κ3) is 4.77. The number of carbonyl (C=O) groups excluding carboxylic acids is 1. The van der Waals surface area contributed by atoms with Crippen molar-refractivity contribution in [2.24, 2.45) is 5.92 Å². The number of sulfonamides is 1. The van der Waals surface area contributed by atoms with Gasteiger partial charge < -0.3 is 5.32 Å². The van der Waals surface area contributed by atoms with Crippen molar-refractivity contribution in [1.29, 1.82) is 0 Å². The molecular weight excluding hydrogens is 397 g/mol. The second-order valence-electron chi connectivity index (χ2n) is 6.86. The second-order valence-corrected chi connectivity index (χ2v) is 8.54. The van der Waals surface area contributed by atoms with Crippen LogP contribution in [0.4, 0.5) is 4.39 Å². The zero-order valence-electron chi connectivity index (χ0n) is 16.0. The highest BCUT2D eigenvalue weighted by Gasteiger charge is 2.29. The van der Waals surface area contributed by atoms with E-state index >= 15 is 0 Å². The maximum Gasteiger partial charge on any atom is 0.244 e. The molecule has 0 spiro atoms. The van der Waals surface area contributed by atoms with Gasteiger partial charge in [-0.2, -0.15) is 4.72 Å². The van der Waals surface area contributed by atoms with Crippen LogP contribution in [0.5, 0.6) is 0 Å². The Labute approximate surface area is 168 Å². The standard InChI is InChI=1S/C19H22FN5O3S/c1-13(2)18(24-29(27,28)15-8-4-3-7-14(15)20)19(26)21-11-10-17-23-22-16-9-5-6-12-25(16)17/h3-9,12-13,18,24H,10-11H2,1-2H3,(H,21,26)/t18-/m0/s1. The van der Waals surface area contributed by atoms with E-state index in [9.17, 15) is 17.6 Å². The van der Waals surface area contributed by atoms with Gasteiger partial charge in [0.1, 0.15) is 22.6 Å². The molecule has 0 saturated carbocycles. The Kier molecular flexibility index (Phi) is 6.23. The van der Waals surface area contributed by atoms with Gasteiger partial charge in [-0.05, 0) is 30.2 Å². The molecule has 2 heterocycles. The van der Waals surface area contributed by atoms with Gasteiger partial charge >= 0.3 is 0 Å². The summed E-state index contributed by atoms with van der Waals surface area (Å²) < 4.78 is 43.1. The first-order valence-electron chi connectivity index (χ1n) is 9.13. The van der Waals surface area contributed by atoms with Crippen molar-refractivity contribution in [3.63, 3.8) is 0 Å².